The third-order valence-corrected chi connectivity index (χ3v) is 10.2. The maximum absolute atomic E-state index is 12.9. The first-order chi connectivity index (χ1) is 24.6. The lowest BCUT2D eigenvalue weighted by atomic mass is 9.78. The monoisotopic (exact) mass is 674 g/mol. The van der Waals surface area contributed by atoms with Crippen LogP contribution in [0.25, 0.3) is 0 Å². The number of Topliss-reactive ketones (excluding diaryl/α,β-unsaturated/α-hetero) is 2. The highest BCUT2D eigenvalue weighted by Gasteiger charge is 2.27. The van der Waals surface area contributed by atoms with Crippen molar-refractivity contribution in [2.75, 3.05) is 62.4 Å². The van der Waals surface area contributed by atoms with Crippen molar-refractivity contribution in [2.24, 2.45) is 0 Å². The third kappa shape index (κ3) is 8.97. The zero-order valence-corrected chi connectivity index (χ0v) is 28.7. The molecule has 260 valence electrons. The molecule has 10 heteroatoms. The summed E-state index contributed by atoms with van der Waals surface area (Å²) >= 11 is 0. The Morgan fingerprint density at radius 2 is 0.960 bits per heavy atom. The number of ketones is 2. The number of morpholine rings is 2. The van der Waals surface area contributed by atoms with Crippen LogP contribution in [0.3, 0.4) is 0 Å². The first-order valence-electron chi connectivity index (χ1n) is 18.1. The van der Waals surface area contributed by atoms with E-state index in [1.54, 1.807) is 0 Å². The van der Waals surface area contributed by atoms with Crippen molar-refractivity contribution in [3.63, 3.8) is 0 Å². The first-order valence-corrected chi connectivity index (χ1v) is 18.1. The van der Waals surface area contributed by atoms with Crippen LogP contribution in [0.15, 0.2) is 72.8 Å². The molecule has 2 aliphatic heterocycles. The van der Waals surface area contributed by atoms with Crippen molar-refractivity contribution < 1.29 is 19.1 Å². The van der Waals surface area contributed by atoms with Gasteiger partial charge in [-0.25, -0.2) is 0 Å². The lowest BCUT2D eigenvalue weighted by Crippen LogP contribution is -2.36. The quantitative estimate of drug-likeness (QED) is 0.202. The van der Waals surface area contributed by atoms with Crippen LogP contribution < -0.4 is 9.80 Å². The van der Waals surface area contributed by atoms with Gasteiger partial charge in [-0.15, -0.1) is 0 Å². The summed E-state index contributed by atoms with van der Waals surface area (Å²) in [5, 5.41) is 18.0. The van der Waals surface area contributed by atoms with Gasteiger partial charge in [-0.3, -0.25) is 9.59 Å². The lowest BCUT2D eigenvalue weighted by molar-refractivity contribution is -0.118. The summed E-state index contributed by atoms with van der Waals surface area (Å²) in [6.07, 6.45) is 5.43. The van der Waals surface area contributed by atoms with Crippen LogP contribution in [0.4, 0.5) is 11.4 Å². The fraction of sp³-hybridized carbons (Fsp3) is 0.450. The number of benzene rings is 2. The highest BCUT2D eigenvalue weighted by Crippen LogP contribution is 2.39. The third-order valence-electron chi connectivity index (χ3n) is 10.2. The fourth-order valence-electron chi connectivity index (χ4n) is 7.37. The molecule has 10 nitrogen and oxygen atoms in total. The summed E-state index contributed by atoms with van der Waals surface area (Å²) in [6, 6.07) is 24.5. The summed E-state index contributed by atoms with van der Waals surface area (Å²) < 4.78 is 10.9. The predicted octanol–water partition coefficient (Wildman–Crippen LogP) is 5.09. The molecule has 2 aromatic heterocycles. The average molecular weight is 675 g/mol. The van der Waals surface area contributed by atoms with E-state index < -0.39 is 0 Å². The van der Waals surface area contributed by atoms with Gasteiger partial charge in [-0.05, 0) is 78.9 Å². The number of rotatable bonds is 12. The van der Waals surface area contributed by atoms with Crippen LogP contribution in [-0.4, -0.2) is 84.6 Å². The molecule has 0 unspecified atom stereocenters. The molecule has 3 aliphatic rings. The standard InChI is InChI=1S/C40H46N6O4/c47-37(24-29-4-10-35(11-5-29)45-16-20-49-21-17-45)27-33-8-14-39(43-41-33)31-2-1-3-32(26-31)40-15-9-34(42-44-40)28-38(48)25-30-6-12-36(13-7-30)46-18-22-50-23-19-46/h4-15,31-32H,1-3,16-28H2/t31-,32-/m0/s1. The summed E-state index contributed by atoms with van der Waals surface area (Å²) in [6.45, 7) is 6.59. The number of carbonyl (C=O) groups is 2. The van der Waals surface area contributed by atoms with E-state index in [-0.39, 0.29) is 36.2 Å². The van der Waals surface area contributed by atoms with E-state index in [0.29, 0.717) is 24.2 Å². The van der Waals surface area contributed by atoms with Gasteiger partial charge in [0.25, 0.3) is 0 Å². The van der Waals surface area contributed by atoms with Crippen molar-refractivity contribution in [1.82, 2.24) is 20.4 Å². The van der Waals surface area contributed by atoms with E-state index in [4.69, 9.17) is 9.47 Å². The Balaban J connectivity index is 0.870. The number of nitrogens with zero attached hydrogens (tertiary/aromatic N) is 6. The molecule has 0 amide bonds. The van der Waals surface area contributed by atoms with Crippen LogP contribution in [0.5, 0.6) is 0 Å². The van der Waals surface area contributed by atoms with E-state index in [2.05, 4.69) is 54.5 Å². The molecule has 7 rings (SSSR count). The van der Waals surface area contributed by atoms with Gasteiger partial charge in [-0.1, -0.05) is 30.7 Å². The molecule has 2 saturated heterocycles. The minimum Gasteiger partial charge on any atom is -0.378 e. The summed E-state index contributed by atoms with van der Waals surface area (Å²) in [4.78, 5) is 30.3. The molecule has 2 atom stereocenters. The number of anilines is 2. The topological polar surface area (TPSA) is 111 Å². The van der Waals surface area contributed by atoms with Gasteiger partial charge in [0.1, 0.15) is 11.6 Å². The molecule has 4 aromatic rings. The van der Waals surface area contributed by atoms with Crippen molar-refractivity contribution in [3.05, 3.63) is 107 Å². The molecule has 2 aromatic carbocycles. The first kappa shape index (κ1) is 33.9. The van der Waals surface area contributed by atoms with Gasteiger partial charge >= 0.3 is 0 Å². The maximum Gasteiger partial charge on any atom is 0.143 e. The maximum atomic E-state index is 12.9. The second kappa shape index (κ2) is 16.4. The molecular weight excluding hydrogens is 628 g/mol. The summed E-state index contributed by atoms with van der Waals surface area (Å²) in [7, 11) is 0. The molecule has 0 spiro atoms. The van der Waals surface area contributed by atoms with Gasteiger partial charge in [0.2, 0.25) is 0 Å². The Morgan fingerprint density at radius 1 is 0.540 bits per heavy atom. The Morgan fingerprint density at radius 3 is 1.34 bits per heavy atom. The zero-order valence-electron chi connectivity index (χ0n) is 28.7. The fourth-order valence-corrected chi connectivity index (χ4v) is 7.37. The number of ether oxygens (including phenoxy) is 2. The Labute approximate surface area is 294 Å². The van der Waals surface area contributed by atoms with Crippen molar-refractivity contribution >= 4 is 22.9 Å². The van der Waals surface area contributed by atoms with Crippen LogP contribution in [0, 0.1) is 0 Å². The smallest absolute Gasteiger partial charge is 0.143 e. The SMILES string of the molecule is O=C(Cc1ccc(N2CCOCC2)cc1)Cc1ccc([C@H]2CCC[C@H](c3ccc(CC(=O)Cc4ccc(N5CCOCC5)cc4)nn3)C2)nn1. The molecular formula is C40H46N6O4. The van der Waals surface area contributed by atoms with Crippen molar-refractivity contribution in [3.8, 4) is 0 Å². The molecule has 0 N–H and O–H groups in total. The lowest BCUT2D eigenvalue weighted by Gasteiger charge is -2.28. The van der Waals surface area contributed by atoms with Crippen molar-refractivity contribution in [1.29, 1.82) is 0 Å². The zero-order chi connectivity index (χ0) is 34.1. The second-order valence-electron chi connectivity index (χ2n) is 13.8. The van der Waals surface area contributed by atoms with Gasteiger partial charge in [-0.2, -0.15) is 20.4 Å². The largest absolute Gasteiger partial charge is 0.378 e. The van der Waals surface area contributed by atoms with Gasteiger partial charge < -0.3 is 19.3 Å². The summed E-state index contributed by atoms with van der Waals surface area (Å²) in [5.74, 6) is 0.832. The second-order valence-corrected chi connectivity index (χ2v) is 13.8. The minimum absolute atomic E-state index is 0.130. The number of hydrogen-bond donors (Lipinski definition) is 0. The summed E-state index contributed by atoms with van der Waals surface area (Å²) in [5.41, 5.74) is 7.72. The highest BCUT2D eigenvalue weighted by atomic mass is 16.5. The number of hydrogen-bond acceptors (Lipinski definition) is 10. The molecule has 0 bridgehead atoms. The van der Waals surface area contributed by atoms with Gasteiger partial charge in [0.05, 0.1) is 62.0 Å². The van der Waals surface area contributed by atoms with Crippen LogP contribution in [-0.2, 0) is 44.7 Å². The number of carbonyl (C=O) groups excluding carboxylic acids is 2. The van der Waals surface area contributed by atoms with E-state index in [1.165, 1.54) is 11.4 Å². The Hall–Kier alpha value is -4.54. The van der Waals surface area contributed by atoms with E-state index >= 15 is 0 Å². The van der Waals surface area contributed by atoms with Crippen LogP contribution >= 0.6 is 0 Å². The Kier molecular flexibility index (Phi) is 11.2. The molecule has 1 saturated carbocycles. The molecule has 50 heavy (non-hydrogen) atoms. The average Bonchev–Trinajstić information content (AvgIpc) is 3.17. The van der Waals surface area contributed by atoms with Gasteiger partial charge in [0.15, 0.2) is 0 Å². The normalized spacial score (nSPS) is 19.7. The van der Waals surface area contributed by atoms with Crippen LogP contribution in [0.2, 0.25) is 0 Å². The van der Waals surface area contributed by atoms with Crippen LogP contribution in [0.1, 0.15) is 71.4 Å². The number of aromatic nitrogens is 4. The molecule has 4 heterocycles. The molecule has 1 aliphatic carbocycles. The van der Waals surface area contributed by atoms with E-state index in [0.717, 1.165) is 101 Å². The van der Waals surface area contributed by atoms with Gasteiger partial charge in [0, 0.05) is 62.2 Å². The van der Waals surface area contributed by atoms with E-state index in [9.17, 15) is 9.59 Å². The van der Waals surface area contributed by atoms with E-state index in [1.807, 2.05) is 48.5 Å². The predicted molar refractivity (Wildman–Crippen MR) is 192 cm³/mol. The minimum atomic E-state index is 0.130. The highest BCUT2D eigenvalue weighted by molar-refractivity contribution is 5.83. The Bertz CT molecular complexity index is 1570. The van der Waals surface area contributed by atoms with Crippen molar-refractivity contribution in [2.45, 2.75) is 63.2 Å². The molecule has 0 radical (unpaired) electrons. The molecule has 3 fully saturated rings.